The number of nitrogens with zero attached hydrogens (tertiary/aromatic N) is 1. The van der Waals surface area contributed by atoms with Crippen molar-refractivity contribution >= 4 is 27.6 Å². The highest BCUT2D eigenvalue weighted by Gasteiger charge is 2.26. The monoisotopic (exact) mass is 469 g/mol. The topological polar surface area (TPSA) is 63.7 Å². The van der Waals surface area contributed by atoms with Crippen LogP contribution < -0.4 is 4.18 Å². The van der Waals surface area contributed by atoms with Gasteiger partial charge in [0.15, 0.2) is 0 Å². The first-order valence-electron chi connectivity index (χ1n) is 10.1. The molecule has 0 radical (unpaired) electrons. The van der Waals surface area contributed by atoms with E-state index >= 15 is 0 Å². The molecule has 0 fully saturated rings. The molecule has 1 atom stereocenters. The summed E-state index contributed by atoms with van der Waals surface area (Å²) in [4.78, 5) is 14.5. The second-order valence-corrected chi connectivity index (χ2v) is 10.7. The normalized spacial score (nSPS) is 13.0. The summed E-state index contributed by atoms with van der Waals surface area (Å²) in [6.45, 7) is 10.0. The number of rotatable bonds is 8. The number of hydrogen-bond donors (Lipinski definition) is 0. The van der Waals surface area contributed by atoms with Gasteiger partial charge in [-0.2, -0.15) is 8.42 Å². The summed E-state index contributed by atoms with van der Waals surface area (Å²) in [5.74, 6) is -0.507. The fourth-order valence-electron chi connectivity index (χ4n) is 2.97. The molecule has 31 heavy (non-hydrogen) atoms. The predicted molar refractivity (Wildman–Crippen MR) is 120 cm³/mol. The lowest BCUT2D eigenvalue weighted by molar-refractivity contribution is -0.135. The summed E-state index contributed by atoms with van der Waals surface area (Å²) >= 11 is 6.16. The number of amides is 1. The van der Waals surface area contributed by atoms with E-state index in [4.69, 9.17) is 15.8 Å². The first kappa shape index (κ1) is 25.1. The van der Waals surface area contributed by atoms with Crippen LogP contribution in [-0.4, -0.2) is 25.3 Å². The molecule has 170 valence electrons. The second kappa shape index (κ2) is 10.0. The van der Waals surface area contributed by atoms with Gasteiger partial charge in [-0.05, 0) is 61.2 Å². The number of carbonyl (C=O) groups excluding carboxylic acids is 1. The van der Waals surface area contributed by atoms with E-state index in [0.717, 1.165) is 30.7 Å². The van der Waals surface area contributed by atoms with Gasteiger partial charge in [0.1, 0.15) is 16.5 Å². The van der Waals surface area contributed by atoms with Crippen molar-refractivity contribution in [3.05, 3.63) is 58.9 Å². The van der Waals surface area contributed by atoms with Gasteiger partial charge in [0, 0.05) is 29.6 Å². The molecule has 0 saturated heterocycles. The van der Waals surface area contributed by atoms with E-state index in [0.29, 0.717) is 17.0 Å². The molecule has 0 heterocycles. The zero-order chi connectivity index (χ0) is 23.4. The van der Waals surface area contributed by atoms with Crippen molar-refractivity contribution in [1.29, 1.82) is 0 Å². The Kier molecular flexibility index (Phi) is 8.11. The second-order valence-electron chi connectivity index (χ2n) is 8.76. The molecule has 2 aromatic rings. The average Bonchev–Trinajstić information content (AvgIpc) is 2.66. The molecule has 0 aliphatic rings. The van der Waals surface area contributed by atoms with Gasteiger partial charge in [0.05, 0.1) is 0 Å². The van der Waals surface area contributed by atoms with Gasteiger partial charge in [-0.25, -0.2) is 4.39 Å². The first-order valence-corrected chi connectivity index (χ1v) is 11.9. The Hall–Kier alpha value is -2.12. The Bertz CT molecular complexity index is 1020. The van der Waals surface area contributed by atoms with E-state index in [1.165, 1.54) is 12.1 Å². The van der Waals surface area contributed by atoms with Crippen molar-refractivity contribution < 1.29 is 21.8 Å². The van der Waals surface area contributed by atoms with Crippen molar-refractivity contribution in [3.8, 4) is 5.75 Å². The molecule has 0 unspecified atom stereocenters. The quantitative estimate of drug-likeness (QED) is 0.457. The zero-order valence-corrected chi connectivity index (χ0v) is 20.1. The Morgan fingerprint density at radius 3 is 2.32 bits per heavy atom. The molecule has 0 aliphatic heterocycles. The molecular weight excluding hydrogens is 441 g/mol. The Morgan fingerprint density at radius 2 is 1.77 bits per heavy atom. The number of halogens is 2. The van der Waals surface area contributed by atoms with Gasteiger partial charge in [-0.3, -0.25) is 4.79 Å². The van der Waals surface area contributed by atoms with Crippen LogP contribution in [0.2, 0.25) is 5.02 Å². The van der Waals surface area contributed by atoms with Gasteiger partial charge < -0.3 is 9.08 Å². The van der Waals surface area contributed by atoms with E-state index in [-0.39, 0.29) is 34.6 Å². The van der Waals surface area contributed by atoms with Crippen LogP contribution in [0.25, 0.3) is 0 Å². The number of hydrogen-bond acceptors (Lipinski definition) is 4. The van der Waals surface area contributed by atoms with Gasteiger partial charge in [0.2, 0.25) is 5.91 Å². The lowest BCUT2D eigenvalue weighted by Crippen LogP contribution is -2.39. The summed E-state index contributed by atoms with van der Waals surface area (Å²) in [5, 5.41) is 0.397. The largest absolute Gasteiger partial charge is 0.379 e. The molecule has 8 heteroatoms. The fourth-order valence-corrected chi connectivity index (χ4v) is 4.13. The van der Waals surface area contributed by atoms with Crippen LogP contribution in [0.1, 0.15) is 53.0 Å². The Balaban J connectivity index is 2.38. The SMILES string of the molecule is CC[C@@H](C)N(Cc1cc(Cl)ccc1OS(=O)(=O)c1ccc(F)cc1)C(=O)CC(C)(C)C. The van der Waals surface area contributed by atoms with Crippen LogP contribution in [0.15, 0.2) is 47.4 Å². The Morgan fingerprint density at radius 1 is 1.16 bits per heavy atom. The van der Waals surface area contributed by atoms with Crippen molar-refractivity contribution in [2.24, 2.45) is 5.41 Å². The predicted octanol–water partition coefficient (Wildman–Crippen LogP) is 5.81. The Labute approximate surface area is 189 Å². The standard InChI is InChI=1S/C23H29ClFNO4S/c1-6-16(2)26(22(27)14-23(3,4)5)15-17-13-18(24)7-12-21(17)30-31(28,29)20-10-8-19(25)9-11-20/h7-13,16H,6,14-15H2,1-5H3/t16-/m1/s1. The van der Waals surface area contributed by atoms with Gasteiger partial charge >= 0.3 is 10.1 Å². The molecule has 0 aromatic heterocycles. The number of benzene rings is 2. The van der Waals surface area contributed by atoms with Crippen LogP contribution in [0, 0.1) is 11.2 Å². The van der Waals surface area contributed by atoms with E-state index in [1.807, 2.05) is 34.6 Å². The van der Waals surface area contributed by atoms with Crippen LogP contribution in [0.5, 0.6) is 5.75 Å². The highest BCUT2D eigenvalue weighted by atomic mass is 35.5. The molecule has 0 saturated carbocycles. The van der Waals surface area contributed by atoms with Crippen molar-refractivity contribution in [2.45, 2.75) is 64.9 Å². The lowest BCUT2D eigenvalue weighted by Gasteiger charge is -2.32. The number of carbonyl (C=O) groups is 1. The maximum Gasteiger partial charge on any atom is 0.339 e. The molecule has 0 aliphatic carbocycles. The van der Waals surface area contributed by atoms with Crippen molar-refractivity contribution in [1.82, 2.24) is 4.90 Å². The maximum absolute atomic E-state index is 13.2. The summed E-state index contributed by atoms with van der Waals surface area (Å²) in [6, 6.07) is 8.89. The van der Waals surface area contributed by atoms with Gasteiger partial charge in [-0.15, -0.1) is 0 Å². The van der Waals surface area contributed by atoms with Crippen LogP contribution in [-0.2, 0) is 21.5 Å². The lowest BCUT2D eigenvalue weighted by atomic mass is 9.91. The fraction of sp³-hybridized carbons (Fsp3) is 0.435. The molecular formula is C23H29ClFNO4S. The molecule has 0 bridgehead atoms. The third-order valence-corrected chi connectivity index (χ3v) is 6.27. The zero-order valence-electron chi connectivity index (χ0n) is 18.5. The van der Waals surface area contributed by atoms with Crippen LogP contribution in [0.3, 0.4) is 0 Å². The molecule has 2 rings (SSSR count). The summed E-state index contributed by atoms with van der Waals surface area (Å²) in [5.41, 5.74) is 0.281. The summed E-state index contributed by atoms with van der Waals surface area (Å²) in [6.07, 6.45) is 1.09. The third kappa shape index (κ3) is 7.21. The molecule has 2 aromatic carbocycles. The first-order chi connectivity index (χ1) is 14.3. The summed E-state index contributed by atoms with van der Waals surface area (Å²) < 4.78 is 43.9. The van der Waals surface area contributed by atoms with Crippen LogP contribution in [0.4, 0.5) is 4.39 Å². The highest BCUT2D eigenvalue weighted by molar-refractivity contribution is 7.87. The van der Waals surface area contributed by atoms with Crippen molar-refractivity contribution in [2.75, 3.05) is 0 Å². The van der Waals surface area contributed by atoms with Crippen LogP contribution >= 0.6 is 11.6 Å². The van der Waals surface area contributed by atoms with E-state index < -0.39 is 15.9 Å². The minimum atomic E-state index is -4.19. The molecule has 0 N–H and O–H groups in total. The summed E-state index contributed by atoms with van der Waals surface area (Å²) in [7, 11) is -4.19. The highest BCUT2D eigenvalue weighted by Crippen LogP contribution is 2.30. The minimum absolute atomic E-state index is 0.0332. The maximum atomic E-state index is 13.2. The average molecular weight is 470 g/mol. The van der Waals surface area contributed by atoms with E-state index in [2.05, 4.69) is 0 Å². The smallest absolute Gasteiger partial charge is 0.339 e. The van der Waals surface area contributed by atoms with E-state index in [9.17, 15) is 17.6 Å². The van der Waals surface area contributed by atoms with E-state index in [1.54, 1.807) is 11.0 Å². The minimum Gasteiger partial charge on any atom is -0.379 e. The molecule has 1 amide bonds. The third-order valence-electron chi connectivity index (χ3n) is 4.79. The molecule has 0 spiro atoms. The van der Waals surface area contributed by atoms with Gasteiger partial charge in [-0.1, -0.05) is 39.3 Å². The van der Waals surface area contributed by atoms with Gasteiger partial charge in [0.25, 0.3) is 0 Å². The van der Waals surface area contributed by atoms with Crippen molar-refractivity contribution in [3.63, 3.8) is 0 Å². The molecule has 5 nitrogen and oxygen atoms in total.